The Morgan fingerprint density at radius 1 is 1.43 bits per heavy atom. The fourth-order valence-corrected chi connectivity index (χ4v) is 0.956. The first-order valence-corrected chi connectivity index (χ1v) is 4.27. The summed E-state index contributed by atoms with van der Waals surface area (Å²) in [6.45, 7) is 0.159. The molecule has 1 atom stereocenters. The van der Waals surface area contributed by atoms with E-state index in [1.54, 1.807) is 0 Å². The molecule has 4 heteroatoms. The highest BCUT2D eigenvalue weighted by atomic mass is 19.1. The van der Waals surface area contributed by atoms with Crippen LogP contribution < -0.4 is 5.73 Å². The number of carbonyl (C=O) groups is 1. The molecule has 0 aliphatic rings. The molecule has 0 fully saturated rings. The van der Waals surface area contributed by atoms with Crippen molar-refractivity contribution in [2.75, 3.05) is 0 Å². The molecule has 14 heavy (non-hydrogen) atoms. The molecular weight excluding hydrogens is 185 g/mol. The van der Waals surface area contributed by atoms with Gasteiger partial charge in [0, 0.05) is 0 Å². The van der Waals surface area contributed by atoms with Crippen LogP contribution in [0.25, 0.3) is 0 Å². The minimum absolute atomic E-state index is 0.159. The van der Waals surface area contributed by atoms with Crippen molar-refractivity contribution in [1.29, 1.82) is 0 Å². The molecule has 0 saturated carbocycles. The van der Waals surface area contributed by atoms with Gasteiger partial charge in [-0.15, -0.1) is 0 Å². The van der Waals surface area contributed by atoms with Gasteiger partial charge in [-0.05, 0) is 5.56 Å². The van der Waals surface area contributed by atoms with E-state index >= 15 is 0 Å². The van der Waals surface area contributed by atoms with E-state index in [9.17, 15) is 9.18 Å². The second-order valence-corrected chi connectivity index (χ2v) is 2.87. The van der Waals surface area contributed by atoms with Crippen LogP contribution in [0.5, 0.6) is 0 Å². The Morgan fingerprint density at radius 2 is 2.07 bits per heavy atom. The molecule has 0 bridgehead atoms. The van der Waals surface area contributed by atoms with Crippen LogP contribution in [0.15, 0.2) is 30.3 Å². The number of alkyl halides is 1. The number of nitrogens with two attached hydrogens (primary N) is 1. The van der Waals surface area contributed by atoms with E-state index in [2.05, 4.69) is 0 Å². The molecule has 0 heterocycles. The first-order valence-electron chi connectivity index (χ1n) is 4.27. The van der Waals surface area contributed by atoms with Crippen LogP contribution in [0.1, 0.15) is 12.0 Å². The summed E-state index contributed by atoms with van der Waals surface area (Å²) in [5.74, 6) is -0.621. The zero-order valence-electron chi connectivity index (χ0n) is 7.65. The molecule has 0 spiro atoms. The summed E-state index contributed by atoms with van der Waals surface area (Å²) < 4.78 is 16.9. The molecule has 1 unspecified atom stereocenters. The number of hydrogen-bond donors (Lipinski definition) is 1. The SMILES string of the molecule is NC(F)CC(=O)OCc1ccccc1. The molecule has 1 aromatic rings. The lowest BCUT2D eigenvalue weighted by Crippen LogP contribution is -2.19. The number of carbonyl (C=O) groups excluding carboxylic acids is 1. The largest absolute Gasteiger partial charge is 0.461 e. The molecular formula is C10H12FNO2. The lowest BCUT2D eigenvalue weighted by Gasteiger charge is -2.04. The lowest BCUT2D eigenvalue weighted by molar-refractivity contribution is -0.146. The summed E-state index contributed by atoms with van der Waals surface area (Å²) in [6, 6.07) is 9.18. The van der Waals surface area contributed by atoms with Crippen LogP contribution in [0.3, 0.4) is 0 Å². The molecule has 3 nitrogen and oxygen atoms in total. The summed E-state index contributed by atoms with van der Waals surface area (Å²) in [5, 5.41) is 0. The van der Waals surface area contributed by atoms with Gasteiger partial charge in [0.1, 0.15) is 6.61 Å². The highest BCUT2D eigenvalue weighted by molar-refractivity contribution is 5.69. The van der Waals surface area contributed by atoms with E-state index in [1.807, 2.05) is 30.3 Å². The zero-order chi connectivity index (χ0) is 10.4. The third-order valence-corrected chi connectivity index (χ3v) is 1.60. The van der Waals surface area contributed by atoms with Crippen molar-refractivity contribution in [3.05, 3.63) is 35.9 Å². The van der Waals surface area contributed by atoms with Crippen molar-refractivity contribution >= 4 is 5.97 Å². The number of halogens is 1. The molecule has 76 valence electrons. The number of ether oxygens (including phenoxy) is 1. The van der Waals surface area contributed by atoms with Crippen molar-refractivity contribution in [3.63, 3.8) is 0 Å². The van der Waals surface area contributed by atoms with Gasteiger partial charge in [0.05, 0.1) is 6.42 Å². The highest BCUT2D eigenvalue weighted by Crippen LogP contribution is 2.02. The lowest BCUT2D eigenvalue weighted by atomic mass is 10.2. The standard InChI is InChI=1S/C10H12FNO2/c11-9(12)6-10(13)14-7-8-4-2-1-3-5-8/h1-5,9H,6-7,12H2. The number of esters is 1. The Kier molecular flexibility index (Phi) is 4.07. The normalized spacial score (nSPS) is 12.1. The molecule has 2 N–H and O–H groups in total. The number of hydrogen-bond acceptors (Lipinski definition) is 3. The quantitative estimate of drug-likeness (QED) is 0.586. The van der Waals surface area contributed by atoms with Gasteiger partial charge in [-0.1, -0.05) is 30.3 Å². The number of benzene rings is 1. The third kappa shape index (κ3) is 4.00. The van der Waals surface area contributed by atoms with Crippen LogP contribution in [-0.4, -0.2) is 12.3 Å². The van der Waals surface area contributed by atoms with E-state index in [4.69, 9.17) is 10.5 Å². The van der Waals surface area contributed by atoms with Gasteiger partial charge in [0.25, 0.3) is 0 Å². The first-order chi connectivity index (χ1) is 6.68. The van der Waals surface area contributed by atoms with Gasteiger partial charge in [0.15, 0.2) is 6.30 Å². The first kappa shape index (κ1) is 10.7. The predicted molar refractivity (Wildman–Crippen MR) is 49.9 cm³/mol. The van der Waals surface area contributed by atoms with Crippen molar-refractivity contribution in [3.8, 4) is 0 Å². The summed E-state index contributed by atoms with van der Waals surface area (Å²) in [4.78, 5) is 10.9. The third-order valence-electron chi connectivity index (χ3n) is 1.60. The summed E-state index contributed by atoms with van der Waals surface area (Å²) in [6.07, 6.45) is -2.04. The van der Waals surface area contributed by atoms with Crippen LogP contribution in [0, 0.1) is 0 Å². The second kappa shape index (κ2) is 5.34. The van der Waals surface area contributed by atoms with E-state index in [0.717, 1.165) is 5.56 Å². The van der Waals surface area contributed by atoms with Crippen molar-refractivity contribution in [1.82, 2.24) is 0 Å². The number of rotatable bonds is 4. The fourth-order valence-electron chi connectivity index (χ4n) is 0.956. The van der Waals surface area contributed by atoms with Crippen LogP contribution in [0.4, 0.5) is 4.39 Å². The maximum absolute atomic E-state index is 12.2. The van der Waals surface area contributed by atoms with Crippen LogP contribution >= 0.6 is 0 Å². The zero-order valence-corrected chi connectivity index (χ0v) is 7.65. The monoisotopic (exact) mass is 197 g/mol. The molecule has 0 radical (unpaired) electrons. The Bertz CT molecular complexity index is 287. The Morgan fingerprint density at radius 3 is 2.64 bits per heavy atom. The maximum Gasteiger partial charge on any atom is 0.310 e. The Balaban J connectivity index is 2.31. The Labute approximate surface area is 81.7 Å². The van der Waals surface area contributed by atoms with Crippen molar-refractivity contribution < 1.29 is 13.9 Å². The second-order valence-electron chi connectivity index (χ2n) is 2.87. The smallest absolute Gasteiger partial charge is 0.310 e. The average molecular weight is 197 g/mol. The molecule has 0 aliphatic heterocycles. The highest BCUT2D eigenvalue weighted by Gasteiger charge is 2.08. The van der Waals surface area contributed by atoms with Crippen molar-refractivity contribution in [2.24, 2.45) is 5.73 Å². The van der Waals surface area contributed by atoms with E-state index in [-0.39, 0.29) is 6.61 Å². The topological polar surface area (TPSA) is 52.3 Å². The van der Waals surface area contributed by atoms with Gasteiger partial charge in [-0.25, -0.2) is 4.39 Å². The van der Waals surface area contributed by atoms with E-state index < -0.39 is 18.7 Å². The maximum atomic E-state index is 12.2. The molecule has 1 aromatic carbocycles. The van der Waals surface area contributed by atoms with Gasteiger partial charge in [-0.2, -0.15) is 0 Å². The Hall–Kier alpha value is -1.42. The molecule has 0 saturated heterocycles. The average Bonchev–Trinajstić information content (AvgIpc) is 2.15. The molecule has 1 rings (SSSR count). The predicted octanol–water partition coefficient (Wildman–Crippen LogP) is 1.37. The minimum atomic E-state index is -1.64. The van der Waals surface area contributed by atoms with Gasteiger partial charge >= 0.3 is 5.97 Å². The van der Waals surface area contributed by atoms with Crippen molar-refractivity contribution in [2.45, 2.75) is 19.3 Å². The summed E-state index contributed by atoms with van der Waals surface area (Å²) in [7, 11) is 0. The van der Waals surface area contributed by atoms with Gasteiger partial charge in [-0.3, -0.25) is 4.79 Å². The van der Waals surface area contributed by atoms with E-state index in [0.29, 0.717) is 0 Å². The summed E-state index contributed by atoms with van der Waals surface area (Å²) in [5.41, 5.74) is 5.66. The van der Waals surface area contributed by atoms with Gasteiger partial charge < -0.3 is 10.5 Å². The minimum Gasteiger partial charge on any atom is -0.461 e. The summed E-state index contributed by atoms with van der Waals surface area (Å²) >= 11 is 0. The molecule has 0 aromatic heterocycles. The van der Waals surface area contributed by atoms with Gasteiger partial charge in [0.2, 0.25) is 0 Å². The molecule has 0 aliphatic carbocycles. The fraction of sp³-hybridized carbons (Fsp3) is 0.300. The van der Waals surface area contributed by atoms with Crippen LogP contribution in [-0.2, 0) is 16.1 Å². The van der Waals surface area contributed by atoms with Crippen LogP contribution in [0.2, 0.25) is 0 Å². The van der Waals surface area contributed by atoms with E-state index in [1.165, 1.54) is 0 Å². The molecule has 0 amide bonds.